The summed E-state index contributed by atoms with van der Waals surface area (Å²) in [5, 5.41) is 0. The second kappa shape index (κ2) is 5.18. The van der Waals surface area contributed by atoms with E-state index in [9.17, 15) is 13.2 Å². The van der Waals surface area contributed by atoms with Crippen molar-refractivity contribution in [2.75, 3.05) is 0 Å². The van der Waals surface area contributed by atoms with Gasteiger partial charge >= 0.3 is 6.36 Å². The molecule has 2 unspecified atom stereocenters. The molecule has 100 valence electrons. The minimum atomic E-state index is -4.65. The molecule has 2 nitrogen and oxygen atoms in total. The van der Waals surface area contributed by atoms with Gasteiger partial charge in [0.15, 0.2) is 0 Å². The van der Waals surface area contributed by atoms with Crippen molar-refractivity contribution in [2.45, 2.75) is 44.0 Å². The van der Waals surface area contributed by atoms with Gasteiger partial charge in [-0.2, -0.15) is 0 Å². The summed E-state index contributed by atoms with van der Waals surface area (Å²) in [7, 11) is 0. The highest BCUT2D eigenvalue weighted by Gasteiger charge is 2.31. The minimum Gasteiger partial charge on any atom is -0.406 e. The summed E-state index contributed by atoms with van der Waals surface area (Å²) in [6.07, 6.45) is -0.627. The number of halogens is 3. The molecule has 2 rings (SSSR count). The molecular weight excluding hydrogens is 243 g/mol. The maximum absolute atomic E-state index is 12.1. The van der Waals surface area contributed by atoms with Crippen LogP contribution < -0.4 is 10.5 Å². The van der Waals surface area contributed by atoms with Crippen LogP contribution in [-0.2, 0) is 0 Å². The molecule has 0 aromatic heterocycles. The average molecular weight is 259 g/mol. The monoisotopic (exact) mass is 259 g/mol. The summed E-state index contributed by atoms with van der Waals surface area (Å²) in [6, 6.07) is 6.19. The van der Waals surface area contributed by atoms with Crippen LogP contribution in [0.3, 0.4) is 0 Å². The fourth-order valence-corrected chi connectivity index (χ4v) is 2.52. The van der Waals surface area contributed by atoms with Gasteiger partial charge in [-0.3, -0.25) is 0 Å². The van der Waals surface area contributed by atoms with Gasteiger partial charge in [-0.05, 0) is 36.5 Å². The molecule has 0 heterocycles. The molecule has 0 bridgehead atoms. The number of rotatable bonds is 2. The van der Waals surface area contributed by atoms with Crippen LogP contribution in [0.4, 0.5) is 13.2 Å². The fourth-order valence-electron chi connectivity index (χ4n) is 2.52. The summed E-state index contributed by atoms with van der Waals surface area (Å²) in [4.78, 5) is 0. The third-order valence-electron chi connectivity index (χ3n) is 3.34. The lowest BCUT2D eigenvalue weighted by Crippen LogP contribution is -2.31. The molecule has 1 aliphatic rings. The van der Waals surface area contributed by atoms with Crippen molar-refractivity contribution < 1.29 is 17.9 Å². The molecule has 1 fully saturated rings. The van der Waals surface area contributed by atoms with E-state index in [0.717, 1.165) is 31.2 Å². The molecule has 0 aliphatic heterocycles. The molecule has 0 saturated heterocycles. The summed E-state index contributed by atoms with van der Waals surface area (Å²) in [5.41, 5.74) is 6.86. The minimum absolute atomic E-state index is 0.0277. The fraction of sp³-hybridized carbons (Fsp3) is 0.538. The Morgan fingerprint density at radius 1 is 1.17 bits per heavy atom. The third-order valence-corrected chi connectivity index (χ3v) is 3.34. The molecule has 0 radical (unpaired) electrons. The molecular formula is C13H16F3NO. The predicted molar refractivity (Wildman–Crippen MR) is 62.3 cm³/mol. The van der Waals surface area contributed by atoms with Gasteiger partial charge in [0, 0.05) is 6.04 Å². The van der Waals surface area contributed by atoms with Crippen LogP contribution in [0.15, 0.2) is 24.3 Å². The van der Waals surface area contributed by atoms with E-state index in [2.05, 4.69) is 4.74 Å². The molecule has 2 atom stereocenters. The first kappa shape index (κ1) is 13.2. The standard InChI is InChI=1S/C13H16F3NO/c14-13(15,16)18-10-5-3-4-9(8-10)11-6-1-2-7-12(11)17/h3-5,8,11-12H,1-2,6-7,17H2. The number of ether oxygens (including phenoxy) is 1. The molecule has 0 spiro atoms. The Morgan fingerprint density at radius 2 is 1.89 bits per heavy atom. The molecule has 5 heteroatoms. The summed E-state index contributed by atoms with van der Waals surface area (Å²) in [5.74, 6) is -0.0340. The van der Waals surface area contributed by atoms with Crippen molar-refractivity contribution in [1.29, 1.82) is 0 Å². The van der Waals surface area contributed by atoms with Crippen molar-refractivity contribution in [3.8, 4) is 5.75 Å². The molecule has 1 saturated carbocycles. The Kier molecular flexibility index (Phi) is 3.80. The van der Waals surface area contributed by atoms with Crippen molar-refractivity contribution in [3.05, 3.63) is 29.8 Å². The maximum atomic E-state index is 12.1. The van der Waals surface area contributed by atoms with Crippen LogP contribution in [0.5, 0.6) is 5.75 Å². The first-order valence-electron chi connectivity index (χ1n) is 6.07. The van der Waals surface area contributed by atoms with Gasteiger partial charge in [0.05, 0.1) is 0 Å². The predicted octanol–water partition coefficient (Wildman–Crippen LogP) is 3.57. The topological polar surface area (TPSA) is 35.2 Å². The Morgan fingerprint density at radius 3 is 2.56 bits per heavy atom. The normalized spacial score (nSPS) is 24.9. The smallest absolute Gasteiger partial charge is 0.406 e. The Bertz CT molecular complexity index is 405. The highest BCUT2D eigenvalue weighted by Crippen LogP contribution is 2.34. The number of benzene rings is 1. The van der Waals surface area contributed by atoms with E-state index in [1.54, 1.807) is 6.07 Å². The van der Waals surface area contributed by atoms with Gasteiger partial charge in [0.1, 0.15) is 5.75 Å². The van der Waals surface area contributed by atoms with Crippen molar-refractivity contribution in [1.82, 2.24) is 0 Å². The van der Waals surface area contributed by atoms with Crippen LogP contribution in [-0.4, -0.2) is 12.4 Å². The Hall–Kier alpha value is -1.23. The Labute approximate surface area is 104 Å². The molecule has 18 heavy (non-hydrogen) atoms. The van der Waals surface area contributed by atoms with Gasteiger partial charge in [-0.25, -0.2) is 0 Å². The Balaban J connectivity index is 2.16. The molecule has 0 amide bonds. The van der Waals surface area contributed by atoms with Crippen LogP contribution in [0.1, 0.15) is 37.2 Å². The quantitative estimate of drug-likeness (QED) is 0.881. The van der Waals surface area contributed by atoms with Crippen LogP contribution in [0.2, 0.25) is 0 Å². The second-order valence-electron chi connectivity index (χ2n) is 4.68. The van der Waals surface area contributed by atoms with Gasteiger partial charge in [0.25, 0.3) is 0 Å². The molecule has 2 N–H and O–H groups in total. The number of nitrogens with two attached hydrogens (primary N) is 1. The van der Waals surface area contributed by atoms with E-state index < -0.39 is 6.36 Å². The summed E-state index contributed by atoms with van der Waals surface area (Å²) in [6.45, 7) is 0. The van der Waals surface area contributed by atoms with Crippen LogP contribution in [0.25, 0.3) is 0 Å². The van der Waals surface area contributed by atoms with E-state index >= 15 is 0 Å². The first-order valence-corrected chi connectivity index (χ1v) is 6.07. The SMILES string of the molecule is NC1CCCCC1c1cccc(OC(F)(F)F)c1. The van der Waals surface area contributed by atoms with E-state index in [0.29, 0.717) is 0 Å². The van der Waals surface area contributed by atoms with E-state index in [1.807, 2.05) is 6.07 Å². The first-order chi connectivity index (χ1) is 8.46. The molecule has 1 aliphatic carbocycles. The number of hydrogen-bond donors (Lipinski definition) is 1. The van der Waals surface area contributed by atoms with Crippen LogP contribution >= 0.6 is 0 Å². The number of hydrogen-bond acceptors (Lipinski definition) is 2. The summed E-state index contributed by atoms with van der Waals surface area (Å²) < 4.78 is 40.4. The second-order valence-corrected chi connectivity index (χ2v) is 4.68. The van der Waals surface area contributed by atoms with Crippen molar-refractivity contribution in [3.63, 3.8) is 0 Å². The number of alkyl halides is 3. The lowest BCUT2D eigenvalue weighted by molar-refractivity contribution is -0.274. The highest BCUT2D eigenvalue weighted by molar-refractivity contribution is 5.32. The van der Waals surface area contributed by atoms with Crippen LogP contribution in [0, 0.1) is 0 Å². The molecule has 1 aromatic carbocycles. The van der Waals surface area contributed by atoms with Crippen molar-refractivity contribution in [2.24, 2.45) is 5.73 Å². The zero-order valence-corrected chi connectivity index (χ0v) is 9.91. The van der Waals surface area contributed by atoms with Gasteiger partial charge in [0.2, 0.25) is 0 Å². The highest BCUT2D eigenvalue weighted by atomic mass is 19.4. The van der Waals surface area contributed by atoms with E-state index in [1.165, 1.54) is 12.1 Å². The maximum Gasteiger partial charge on any atom is 0.573 e. The van der Waals surface area contributed by atoms with E-state index in [4.69, 9.17) is 5.73 Å². The largest absolute Gasteiger partial charge is 0.573 e. The lowest BCUT2D eigenvalue weighted by Gasteiger charge is -2.29. The van der Waals surface area contributed by atoms with Gasteiger partial charge in [-0.15, -0.1) is 13.2 Å². The zero-order chi connectivity index (χ0) is 13.2. The third kappa shape index (κ3) is 3.38. The zero-order valence-electron chi connectivity index (χ0n) is 9.91. The van der Waals surface area contributed by atoms with E-state index in [-0.39, 0.29) is 17.7 Å². The summed E-state index contributed by atoms with van der Waals surface area (Å²) >= 11 is 0. The molecule has 1 aromatic rings. The lowest BCUT2D eigenvalue weighted by atomic mass is 9.80. The van der Waals surface area contributed by atoms with Crippen molar-refractivity contribution >= 4 is 0 Å². The van der Waals surface area contributed by atoms with Gasteiger partial charge in [-0.1, -0.05) is 25.0 Å². The average Bonchev–Trinajstić information content (AvgIpc) is 2.27. The van der Waals surface area contributed by atoms with Gasteiger partial charge < -0.3 is 10.5 Å².